The molecule has 0 aromatic heterocycles. The monoisotopic (exact) mass is 305 g/mol. The van der Waals surface area contributed by atoms with Gasteiger partial charge in [0, 0.05) is 39.1 Å². The quantitative estimate of drug-likeness (QED) is 0.674. The summed E-state index contributed by atoms with van der Waals surface area (Å²) in [6.07, 6.45) is 2.30. The van der Waals surface area contributed by atoms with Crippen LogP contribution >= 0.6 is 0 Å². The molecule has 0 spiro atoms. The van der Waals surface area contributed by atoms with E-state index < -0.39 is 0 Å². The second-order valence-electron chi connectivity index (χ2n) is 5.56. The van der Waals surface area contributed by atoms with E-state index in [4.69, 9.17) is 4.74 Å². The third-order valence-electron chi connectivity index (χ3n) is 3.74. The second kappa shape index (κ2) is 10.2. The number of hydrogen-bond acceptors (Lipinski definition) is 4. The highest BCUT2D eigenvalue weighted by molar-refractivity contribution is 5.75. The average Bonchev–Trinajstić information content (AvgIpc) is 2.57. The van der Waals surface area contributed by atoms with Crippen molar-refractivity contribution in [2.45, 2.75) is 19.3 Å². The Labute approximate surface area is 133 Å². The number of carbonyl (C=O) groups excluding carboxylic acids is 1. The lowest BCUT2D eigenvalue weighted by Gasteiger charge is -2.27. The Hall–Kier alpha value is -1.59. The largest absolute Gasteiger partial charge is 0.494 e. The van der Waals surface area contributed by atoms with Gasteiger partial charge < -0.3 is 20.3 Å². The third-order valence-corrected chi connectivity index (χ3v) is 3.74. The smallest absolute Gasteiger partial charge is 0.220 e. The number of rotatable bonds is 9. The highest BCUT2D eigenvalue weighted by Gasteiger charge is 2.08. The van der Waals surface area contributed by atoms with Crippen molar-refractivity contribution < 1.29 is 9.53 Å². The molecule has 1 saturated heterocycles. The van der Waals surface area contributed by atoms with Crippen LogP contribution in [0.3, 0.4) is 0 Å². The molecule has 2 N–H and O–H groups in total. The van der Waals surface area contributed by atoms with Crippen molar-refractivity contribution in [2.24, 2.45) is 0 Å². The molecule has 0 saturated carbocycles. The minimum absolute atomic E-state index is 0.122. The highest BCUT2D eigenvalue weighted by atomic mass is 16.5. The van der Waals surface area contributed by atoms with Gasteiger partial charge in [0.05, 0.1) is 6.61 Å². The van der Waals surface area contributed by atoms with Crippen molar-refractivity contribution in [2.75, 3.05) is 45.9 Å². The van der Waals surface area contributed by atoms with Crippen LogP contribution in [0.4, 0.5) is 0 Å². The Balaban J connectivity index is 1.44. The van der Waals surface area contributed by atoms with Gasteiger partial charge in [0.15, 0.2) is 0 Å². The number of amides is 1. The Kier molecular flexibility index (Phi) is 7.77. The van der Waals surface area contributed by atoms with Crippen LogP contribution in [-0.4, -0.2) is 56.7 Å². The number of nitrogens with one attached hydrogen (secondary N) is 2. The number of nitrogens with zero attached hydrogens (tertiary/aromatic N) is 1. The molecule has 1 aromatic rings. The van der Waals surface area contributed by atoms with Crippen LogP contribution in [0.25, 0.3) is 0 Å². The zero-order chi connectivity index (χ0) is 15.5. The minimum atomic E-state index is 0.122. The first-order valence-corrected chi connectivity index (χ1v) is 8.22. The lowest BCUT2D eigenvalue weighted by atomic mass is 10.3. The maximum Gasteiger partial charge on any atom is 0.220 e. The molecule has 1 aromatic carbocycles. The number of benzene rings is 1. The molecule has 5 heteroatoms. The Morgan fingerprint density at radius 3 is 2.73 bits per heavy atom. The first-order chi connectivity index (χ1) is 10.8. The van der Waals surface area contributed by atoms with Gasteiger partial charge in [0.2, 0.25) is 5.91 Å². The Morgan fingerprint density at radius 2 is 1.95 bits per heavy atom. The van der Waals surface area contributed by atoms with E-state index in [1.165, 1.54) is 0 Å². The number of carbonyl (C=O) groups is 1. The fourth-order valence-electron chi connectivity index (χ4n) is 2.49. The molecule has 0 unspecified atom stereocenters. The maximum absolute atomic E-state index is 11.7. The van der Waals surface area contributed by atoms with Gasteiger partial charge in [-0.15, -0.1) is 0 Å². The van der Waals surface area contributed by atoms with Crippen LogP contribution < -0.4 is 15.4 Å². The van der Waals surface area contributed by atoms with E-state index in [2.05, 4.69) is 15.5 Å². The lowest BCUT2D eigenvalue weighted by molar-refractivity contribution is -0.121. The summed E-state index contributed by atoms with van der Waals surface area (Å²) in [4.78, 5) is 14.2. The summed E-state index contributed by atoms with van der Waals surface area (Å²) in [6, 6.07) is 9.70. The predicted octanol–water partition coefficient (Wildman–Crippen LogP) is 1.26. The van der Waals surface area contributed by atoms with Crippen LogP contribution in [0.5, 0.6) is 5.75 Å². The standard InChI is InChI=1S/C17H27N3O2/c21-17(8-4-15-22-16-6-2-1-3-7-16)19-9-5-12-20-13-10-18-11-14-20/h1-3,6-7,18H,4-5,8-15H2,(H,19,21). The Bertz CT molecular complexity index is 419. The molecule has 1 fully saturated rings. The molecule has 1 aliphatic rings. The van der Waals surface area contributed by atoms with Gasteiger partial charge in [-0.25, -0.2) is 0 Å². The minimum Gasteiger partial charge on any atom is -0.494 e. The first kappa shape index (κ1) is 16.8. The Morgan fingerprint density at radius 1 is 1.18 bits per heavy atom. The van der Waals surface area contributed by atoms with Crippen molar-refractivity contribution in [1.29, 1.82) is 0 Å². The molecule has 22 heavy (non-hydrogen) atoms. The molecule has 1 amide bonds. The van der Waals surface area contributed by atoms with Crippen molar-refractivity contribution in [1.82, 2.24) is 15.5 Å². The van der Waals surface area contributed by atoms with Gasteiger partial charge >= 0.3 is 0 Å². The van der Waals surface area contributed by atoms with Gasteiger partial charge in [-0.2, -0.15) is 0 Å². The topological polar surface area (TPSA) is 53.6 Å². The van der Waals surface area contributed by atoms with Crippen molar-refractivity contribution in [3.05, 3.63) is 30.3 Å². The first-order valence-electron chi connectivity index (χ1n) is 8.22. The van der Waals surface area contributed by atoms with E-state index in [9.17, 15) is 4.79 Å². The van der Waals surface area contributed by atoms with E-state index >= 15 is 0 Å². The number of para-hydroxylation sites is 1. The fraction of sp³-hybridized carbons (Fsp3) is 0.588. The van der Waals surface area contributed by atoms with Crippen LogP contribution in [0.15, 0.2) is 30.3 Å². The van der Waals surface area contributed by atoms with Gasteiger partial charge in [0.25, 0.3) is 0 Å². The lowest BCUT2D eigenvalue weighted by Crippen LogP contribution is -2.44. The molecule has 5 nitrogen and oxygen atoms in total. The highest BCUT2D eigenvalue weighted by Crippen LogP contribution is 2.08. The van der Waals surface area contributed by atoms with Gasteiger partial charge in [-0.1, -0.05) is 18.2 Å². The van der Waals surface area contributed by atoms with Crippen LogP contribution in [0, 0.1) is 0 Å². The zero-order valence-electron chi connectivity index (χ0n) is 13.2. The van der Waals surface area contributed by atoms with Gasteiger partial charge in [-0.05, 0) is 31.5 Å². The van der Waals surface area contributed by atoms with Crippen LogP contribution in [0.1, 0.15) is 19.3 Å². The molecule has 0 radical (unpaired) electrons. The van der Waals surface area contributed by atoms with E-state index in [-0.39, 0.29) is 5.91 Å². The summed E-state index contributed by atoms with van der Waals surface area (Å²) < 4.78 is 5.57. The molecule has 0 aliphatic carbocycles. The zero-order valence-corrected chi connectivity index (χ0v) is 13.2. The van der Waals surface area contributed by atoms with Gasteiger partial charge in [0.1, 0.15) is 5.75 Å². The SMILES string of the molecule is O=C(CCCOc1ccccc1)NCCCN1CCNCC1. The van der Waals surface area contributed by atoms with E-state index in [1.807, 2.05) is 30.3 Å². The van der Waals surface area contributed by atoms with Crippen molar-refractivity contribution in [3.63, 3.8) is 0 Å². The average molecular weight is 305 g/mol. The summed E-state index contributed by atoms with van der Waals surface area (Å²) in [6.45, 7) is 6.80. The normalized spacial score (nSPS) is 15.5. The van der Waals surface area contributed by atoms with Crippen LogP contribution in [0.2, 0.25) is 0 Å². The molecule has 2 rings (SSSR count). The summed E-state index contributed by atoms with van der Waals surface area (Å²) in [5, 5.41) is 6.32. The molecule has 1 heterocycles. The molecule has 0 bridgehead atoms. The third kappa shape index (κ3) is 6.91. The molecule has 1 aliphatic heterocycles. The number of hydrogen-bond donors (Lipinski definition) is 2. The summed E-state index contributed by atoms with van der Waals surface area (Å²) in [5.74, 6) is 0.982. The van der Waals surface area contributed by atoms with E-state index in [0.29, 0.717) is 13.0 Å². The van der Waals surface area contributed by atoms with E-state index in [0.717, 1.165) is 57.9 Å². The summed E-state index contributed by atoms with van der Waals surface area (Å²) in [7, 11) is 0. The maximum atomic E-state index is 11.7. The van der Waals surface area contributed by atoms with E-state index in [1.54, 1.807) is 0 Å². The molecular weight excluding hydrogens is 278 g/mol. The second-order valence-corrected chi connectivity index (χ2v) is 5.56. The molecule has 122 valence electrons. The molecular formula is C17H27N3O2. The van der Waals surface area contributed by atoms with Crippen LogP contribution in [-0.2, 0) is 4.79 Å². The summed E-state index contributed by atoms with van der Waals surface area (Å²) >= 11 is 0. The predicted molar refractivity (Wildman–Crippen MR) is 88.1 cm³/mol. The van der Waals surface area contributed by atoms with Crippen molar-refractivity contribution in [3.8, 4) is 5.75 Å². The number of ether oxygens (including phenoxy) is 1. The summed E-state index contributed by atoms with van der Waals surface area (Å²) in [5.41, 5.74) is 0. The molecule has 0 atom stereocenters. The van der Waals surface area contributed by atoms with Crippen molar-refractivity contribution >= 4 is 5.91 Å². The number of piperazine rings is 1. The van der Waals surface area contributed by atoms with Gasteiger partial charge in [-0.3, -0.25) is 4.79 Å². The fourth-order valence-corrected chi connectivity index (χ4v) is 2.49.